The molecule has 0 aromatic heterocycles. The number of esters is 1. The summed E-state index contributed by atoms with van der Waals surface area (Å²) in [6, 6.07) is 11.6. The molecular weight excluding hydrogens is 364 g/mol. The van der Waals surface area contributed by atoms with E-state index in [9.17, 15) is 9.59 Å². The fourth-order valence-electron chi connectivity index (χ4n) is 5.06. The maximum atomic E-state index is 13.6. The Morgan fingerprint density at radius 1 is 1.10 bits per heavy atom. The number of hydrogen-bond donors (Lipinski definition) is 2. The minimum absolute atomic E-state index is 0.0554. The van der Waals surface area contributed by atoms with Gasteiger partial charge in [-0.15, -0.1) is 0 Å². The van der Waals surface area contributed by atoms with Crippen LogP contribution in [0.15, 0.2) is 36.4 Å². The number of hydrogen-bond acceptors (Lipinski definition) is 4. The maximum Gasteiger partial charge on any atom is 0.325 e. The van der Waals surface area contributed by atoms with Crippen molar-refractivity contribution in [2.75, 3.05) is 11.9 Å². The monoisotopic (exact) mass is 392 g/mol. The van der Waals surface area contributed by atoms with Gasteiger partial charge in [-0.2, -0.15) is 0 Å². The van der Waals surface area contributed by atoms with Gasteiger partial charge in [0.25, 0.3) is 0 Å². The topological polar surface area (TPSA) is 81.4 Å². The van der Waals surface area contributed by atoms with Crippen molar-refractivity contribution in [2.45, 2.75) is 51.4 Å². The number of carbonyl (C=O) groups excluding carboxylic acids is 2. The number of nitrogens with two attached hydrogens (primary N) is 1. The van der Waals surface area contributed by atoms with Gasteiger partial charge in [-0.25, -0.2) is 0 Å². The number of carbonyl (C=O) groups is 2. The first kappa shape index (κ1) is 19.6. The SMILES string of the molecule is Cc1ccc2c(c1C)NC(=O)C2(c1ccc(OC(=O)CN)cc1)C1CCCCC1. The molecule has 152 valence electrons. The molecule has 5 nitrogen and oxygen atoms in total. The van der Waals surface area contributed by atoms with E-state index in [0.717, 1.165) is 48.1 Å². The number of ether oxygens (including phenoxy) is 1. The molecule has 1 unspecified atom stereocenters. The quantitative estimate of drug-likeness (QED) is 0.609. The molecule has 0 spiro atoms. The molecule has 0 radical (unpaired) electrons. The first-order chi connectivity index (χ1) is 14.0. The molecule has 1 aliphatic heterocycles. The van der Waals surface area contributed by atoms with E-state index < -0.39 is 11.4 Å². The van der Waals surface area contributed by atoms with Crippen molar-refractivity contribution in [1.29, 1.82) is 0 Å². The molecule has 1 saturated carbocycles. The Bertz CT molecular complexity index is 945. The van der Waals surface area contributed by atoms with Gasteiger partial charge >= 0.3 is 5.97 Å². The molecule has 29 heavy (non-hydrogen) atoms. The summed E-state index contributed by atoms with van der Waals surface area (Å²) in [7, 11) is 0. The van der Waals surface area contributed by atoms with Crippen LogP contribution in [0.2, 0.25) is 0 Å². The molecule has 1 heterocycles. The van der Waals surface area contributed by atoms with Gasteiger partial charge in [0.15, 0.2) is 0 Å². The van der Waals surface area contributed by atoms with E-state index >= 15 is 0 Å². The van der Waals surface area contributed by atoms with Crippen LogP contribution in [0.1, 0.15) is 54.4 Å². The van der Waals surface area contributed by atoms with Crippen LogP contribution in [0.5, 0.6) is 5.75 Å². The van der Waals surface area contributed by atoms with Crippen molar-refractivity contribution in [3.8, 4) is 5.75 Å². The van der Waals surface area contributed by atoms with Crippen molar-refractivity contribution in [3.05, 3.63) is 58.7 Å². The number of aryl methyl sites for hydroxylation is 1. The van der Waals surface area contributed by atoms with Gasteiger partial charge in [0.1, 0.15) is 11.2 Å². The van der Waals surface area contributed by atoms with Crippen LogP contribution in [-0.4, -0.2) is 18.4 Å². The van der Waals surface area contributed by atoms with Gasteiger partial charge in [0.2, 0.25) is 5.91 Å². The zero-order valence-corrected chi connectivity index (χ0v) is 17.1. The first-order valence-electron chi connectivity index (χ1n) is 10.4. The lowest BCUT2D eigenvalue weighted by Crippen LogP contribution is -2.43. The van der Waals surface area contributed by atoms with E-state index in [2.05, 4.69) is 31.3 Å². The molecule has 1 aliphatic carbocycles. The highest BCUT2D eigenvalue weighted by atomic mass is 16.5. The summed E-state index contributed by atoms with van der Waals surface area (Å²) < 4.78 is 5.23. The minimum atomic E-state index is -0.704. The summed E-state index contributed by atoms with van der Waals surface area (Å²) >= 11 is 0. The molecule has 5 heteroatoms. The Hall–Kier alpha value is -2.66. The fraction of sp³-hybridized carbons (Fsp3) is 0.417. The number of nitrogens with one attached hydrogen (secondary N) is 1. The van der Waals surface area contributed by atoms with Crippen molar-refractivity contribution in [3.63, 3.8) is 0 Å². The summed E-state index contributed by atoms with van der Waals surface area (Å²) in [4.78, 5) is 25.1. The van der Waals surface area contributed by atoms with Crippen LogP contribution in [0.3, 0.4) is 0 Å². The van der Waals surface area contributed by atoms with Crippen LogP contribution in [0, 0.1) is 19.8 Å². The van der Waals surface area contributed by atoms with Crippen LogP contribution >= 0.6 is 0 Å². The van der Waals surface area contributed by atoms with Crippen molar-refractivity contribution in [2.24, 2.45) is 11.7 Å². The molecule has 2 aromatic carbocycles. The second-order valence-electron chi connectivity index (χ2n) is 8.23. The highest BCUT2D eigenvalue weighted by molar-refractivity contribution is 6.09. The average Bonchev–Trinajstić information content (AvgIpc) is 3.05. The highest BCUT2D eigenvalue weighted by Crippen LogP contribution is 2.53. The Labute approximate surface area is 171 Å². The number of amides is 1. The zero-order valence-electron chi connectivity index (χ0n) is 17.1. The van der Waals surface area contributed by atoms with Crippen molar-refractivity contribution in [1.82, 2.24) is 0 Å². The molecule has 1 amide bonds. The van der Waals surface area contributed by atoms with Crippen LogP contribution in [-0.2, 0) is 15.0 Å². The van der Waals surface area contributed by atoms with E-state index in [0.29, 0.717) is 5.75 Å². The second kappa shape index (κ2) is 7.64. The molecule has 0 saturated heterocycles. The summed E-state index contributed by atoms with van der Waals surface area (Å²) in [6.45, 7) is 3.98. The number of fused-ring (bicyclic) bond motifs is 1. The molecule has 1 atom stereocenters. The lowest BCUT2D eigenvalue weighted by Gasteiger charge is -2.39. The molecule has 3 N–H and O–H groups in total. The van der Waals surface area contributed by atoms with Gasteiger partial charge in [-0.05, 0) is 67.0 Å². The van der Waals surface area contributed by atoms with Gasteiger partial charge in [-0.1, -0.05) is 43.5 Å². The third kappa shape index (κ3) is 3.14. The smallest absolute Gasteiger partial charge is 0.325 e. The van der Waals surface area contributed by atoms with Gasteiger partial charge in [-0.3, -0.25) is 9.59 Å². The van der Waals surface area contributed by atoms with Gasteiger partial charge in [0, 0.05) is 5.69 Å². The molecule has 4 rings (SSSR count). The third-order valence-electron chi connectivity index (χ3n) is 6.68. The van der Waals surface area contributed by atoms with E-state index in [4.69, 9.17) is 10.5 Å². The van der Waals surface area contributed by atoms with E-state index in [1.807, 2.05) is 12.1 Å². The molecular formula is C24H28N2O3. The van der Waals surface area contributed by atoms with Crippen molar-refractivity contribution < 1.29 is 14.3 Å². The highest BCUT2D eigenvalue weighted by Gasteiger charge is 2.53. The molecule has 0 bridgehead atoms. The van der Waals surface area contributed by atoms with Crippen LogP contribution in [0.25, 0.3) is 0 Å². The Morgan fingerprint density at radius 2 is 1.79 bits per heavy atom. The molecule has 2 aliphatic rings. The largest absolute Gasteiger partial charge is 0.426 e. The van der Waals surface area contributed by atoms with E-state index in [1.165, 1.54) is 12.0 Å². The maximum absolute atomic E-state index is 13.6. The average molecular weight is 392 g/mol. The first-order valence-corrected chi connectivity index (χ1v) is 10.4. The van der Waals surface area contributed by atoms with E-state index in [-0.39, 0.29) is 18.4 Å². The Balaban J connectivity index is 1.85. The molecule has 2 aromatic rings. The van der Waals surface area contributed by atoms with Crippen molar-refractivity contribution >= 4 is 17.6 Å². The predicted molar refractivity (Wildman–Crippen MR) is 113 cm³/mol. The Kier molecular flexibility index (Phi) is 5.17. The third-order valence-corrected chi connectivity index (χ3v) is 6.68. The van der Waals surface area contributed by atoms with E-state index in [1.54, 1.807) is 12.1 Å². The predicted octanol–water partition coefficient (Wildman–Crippen LogP) is 3.99. The fourth-order valence-corrected chi connectivity index (χ4v) is 5.06. The summed E-state index contributed by atoms with van der Waals surface area (Å²) in [5.41, 5.74) is 9.92. The summed E-state index contributed by atoms with van der Waals surface area (Å²) in [5, 5.41) is 3.21. The normalized spacial score (nSPS) is 21.6. The minimum Gasteiger partial charge on any atom is -0.426 e. The summed E-state index contributed by atoms with van der Waals surface area (Å²) in [5.74, 6) is 0.272. The number of rotatable bonds is 4. The lowest BCUT2D eigenvalue weighted by molar-refractivity contribution is -0.132. The van der Waals surface area contributed by atoms with Gasteiger partial charge < -0.3 is 15.8 Å². The number of benzene rings is 2. The second-order valence-corrected chi connectivity index (χ2v) is 8.23. The lowest BCUT2D eigenvalue weighted by atomic mass is 9.62. The standard InChI is InChI=1S/C24H28N2O3/c1-15-8-13-20-22(16(15)2)26-23(28)24(20,17-6-4-3-5-7-17)18-9-11-19(12-10-18)29-21(27)14-25/h8-13,17H,3-7,14,25H2,1-2H3,(H,26,28). The van der Waals surface area contributed by atoms with Crippen LogP contribution in [0.4, 0.5) is 5.69 Å². The molecule has 1 fully saturated rings. The zero-order chi connectivity index (χ0) is 20.6. The summed E-state index contributed by atoms with van der Waals surface area (Å²) in [6.07, 6.45) is 5.58. The number of anilines is 1. The van der Waals surface area contributed by atoms with Gasteiger partial charge in [0.05, 0.1) is 6.54 Å². The Morgan fingerprint density at radius 3 is 2.45 bits per heavy atom. The van der Waals surface area contributed by atoms with Crippen LogP contribution < -0.4 is 15.8 Å².